The van der Waals surface area contributed by atoms with Crippen molar-refractivity contribution in [2.45, 2.75) is 19.4 Å². The van der Waals surface area contributed by atoms with Crippen molar-refractivity contribution in [1.29, 1.82) is 0 Å². The molecule has 6 nitrogen and oxygen atoms in total. The van der Waals surface area contributed by atoms with Gasteiger partial charge in [0.05, 0.1) is 0 Å². The largest absolute Gasteiger partial charge is 0.479 e. The highest BCUT2D eigenvalue weighted by molar-refractivity contribution is 5.78. The summed E-state index contributed by atoms with van der Waals surface area (Å²) in [6, 6.07) is 6.93. The van der Waals surface area contributed by atoms with Crippen LogP contribution in [0.5, 0.6) is 0 Å². The van der Waals surface area contributed by atoms with Gasteiger partial charge in [-0.1, -0.05) is 25.1 Å². The first-order chi connectivity index (χ1) is 9.17. The average Bonchev–Trinajstić information content (AvgIpc) is 2.88. The highest BCUT2D eigenvalue weighted by Gasteiger charge is 2.24. The fourth-order valence-corrected chi connectivity index (χ4v) is 1.79. The van der Waals surface area contributed by atoms with Crippen LogP contribution in [0.2, 0.25) is 0 Å². The quantitative estimate of drug-likeness (QED) is 0.887. The molecule has 0 bridgehead atoms. The molecule has 100 valence electrons. The molecule has 1 aromatic carbocycles. The molecular formula is C13H14N2O4. The lowest BCUT2D eigenvalue weighted by Crippen LogP contribution is -2.14. The van der Waals surface area contributed by atoms with Crippen LogP contribution in [0, 0.1) is 0 Å². The van der Waals surface area contributed by atoms with Crippen molar-refractivity contribution >= 4 is 5.97 Å². The van der Waals surface area contributed by atoms with E-state index in [-0.39, 0.29) is 0 Å². The number of carboxylic acid groups (broad SMARTS) is 1. The van der Waals surface area contributed by atoms with Gasteiger partial charge >= 0.3 is 5.97 Å². The Labute approximate surface area is 110 Å². The van der Waals surface area contributed by atoms with Crippen LogP contribution in [0.4, 0.5) is 0 Å². The molecule has 0 saturated heterocycles. The first-order valence-electron chi connectivity index (χ1n) is 5.84. The van der Waals surface area contributed by atoms with E-state index in [1.165, 1.54) is 7.11 Å². The molecule has 0 saturated carbocycles. The Morgan fingerprint density at radius 3 is 2.74 bits per heavy atom. The Balaban J connectivity index is 2.48. The summed E-state index contributed by atoms with van der Waals surface area (Å²) in [6.07, 6.45) is -0.435. The molecule has 19 heavy (non-hydrogen) atoms. The second kappa shape index (κ2) is 5.62. The molecule has 2 aromatic rings. The maximum Gasteiger partial charge on any atom is 0.337 e. The number of carbonyl (C=O) groups is 1. The molecule has 1 heterocycles. The number of ether oxygens (including phenoxy) is 1. The average molecular weight is 262 g/mol. The highest BCUT2D eigenvalue weighted by Crippen LogP contribution is 2.29. The molecule has 1 N–H and O–H groups in total. The molecule has 2 rings (SSSR count). The lowest BCUT2D eigenvalue weighted by molar-refractivity contribution is -0.148. The number of carboxylic acids is 1. The van der Waals surface area contributed by atoms with Gasteiger partial charge in [-0.05, 0) is 6.07 Å². The third-order valence-corrected chi connectivity index (χ3v) is 2.70. The second-order valence-corrected chi connectivity index (χ2v) is 3.90. The predicted molar refractivity (Wildman–Crippen MR) is 66.5 cm³/mol. The standard InChI is InChI=1S/C13H14N2O4/c1-3-10-14-15-12(19-10)9-7-5-4-6-8(9)11(18-2)13(16)17/h4-7,11H,3H2,1-2H3,(H,16,17). The van der Waals surface area contributed by atoms with E-state index in [2.05, 4.69) is 10.2 Å². The summed E-state index contributed by atoms with van der Waals surface area (Å²) in [5.74, 6) is -0.255. The first kappa shape index (κ1) is 13.2. The summed E-state index contributed by atoms with van der Waals surface area (Å²) in [4.78, 5) is 11.2. The Hall–Kier alpha value is -2.21. The number of aromatic nitrogens is 2. The Kier molecular flexibility index (Phi) is 3.91. The SMILES string of the molecule is CCc1nnc(-c2ccccc2C(OC)C(=O)O)o1. The minimum absolute atomic E-state index is 0.302. The van der Waals surface area contributed by atoms with Gasteiger partial charge in [0, 0.05) is 24.7 Å². The molecule has 0 amide bonds. The van der Waals surface area contributed by atoms with E-state index >= 15 is 0 Å². The molecule has 1 atom stereocenters. The molecule has 6 heteroatoms. The van der Waals surface area contributed by atoms with Crippen LogP contribution in [-0.4, -0.2) is 28.4 Å². The zero-order valence-electron chi connectivity index (χ0n) is 10.7. The number of nitrogens with zero attached hydrogens (tertiary/aromatic N) is 2. The number of rotatable bonds is 5. The maximum atomic E-state index is 11.2. The molecule has 1 aromatic heterocycles. The molecule has 0 fully saturated rings. The molecule has 1 unspecified atom stereocenters. The van der Waals surface area contributed by atoms with Gasteiger partial charge < -0.3 is 14.3 Å². The van der Waals surface area contributed by atoms with E-state index in [0.717, 1.165) is 0 Å². The smallest absolute Gasteiger partial charge is 0.337 e. The Morgan fingerprint density at radius 1 is 1.42 bits per heavy atom. The summed E-state index contributed by atoms with van der Waals surface area (Å²) >= 11 is 0. The third-order valence-electron chi connectivity index (χ3n) is 2.70. The Bertz CT molecular complexity index is 580. The summed E-state index contributed by atoms with van der Waals surface area (Å²) in [5.41, 5.74) is 1.06. The summed E-state index contributed by atoms with van der Waals surface area (Å²) in [6.45, 7) is 1.90. The van der Waals surface area contributed by atoms with Crippen molar-refractivity contribution in [3.63, 3.8) is 0 Å². The number of hydrogen-bond acceptors (Lipinski definition) is 5. The van der Waals surface area contributed by atoms with Crippen molar-refractivity contribution in [2.75, 3.05) is 7.11 Å². The third kappa shape index (κ3) is 2.63. The van der Waals surface area contributed by atoms with E-state index in [1.54, 1.807) is 24.3 Å². The van der Waals surface area contributed by atoms with Gasteiger partial charge in [0.1, 0.15) is 0 Å². The maximum absolute atomic E-state index is 11.2. The monoisotopic (exact) mass is 262 g/mol. The molecule has 0 spiro atoms. The van der Waals surface area contributed by atoms with Gasteiger partial charge in [0.15, 0.2) is 6.10 Å². The van der Waals surface area contributed by atoms with Crippen LogP contribution in [0.3, 0.4) is 0 Å². The first-order valence-corrected chi connectivity index (χ1v) is 5.84. The minimum atomic E-state index is -1.06. The van der Waals surface area contributed by atoms with Gasteiger partial charge in [-0.25, -0.2) is 4.79 Å². The molecule has 0 aliphatic rings. The minimum Gasteiger partial charge on any atom is -0.479 e. The van der Waals surface area contributed by atoms with Crippen LogP contribution in [0.15, 0.2) is 28.7 Å². The normalized spacial score (nSPS) is 12.3. The van der Waals surface area contributed by atoms with Crippen LogP contribution < -0.4 is 0 Å². The van der Waals surface area contributed by atoms with E-state index in [9.17, 15) is 4.79 Å². The lowest BCUT2D eigenvalue weighted by atomic mass is 10.0. The van der Waals surface area contributed by atoms with Crippen molar-refractivity contribution in [3.05, 3.63) is 35.7 Å². The topological polar surface area (TPSA) is 85.5 Å². The van der Waals surface area contributed by atoms with E-state index in [0.29, 0.717) is 29.3 Å². The zero-order valence-corrected chi connectivity index (χ0v) is 10.7. The second-order valence-electron chi connectivity index (χ2n) is 3.90. The summed E-state index contributed by atoms with van der Waals surface area (Å²) in [7, 11) is 1.35. The number of methoxy groups -OCH3 is 1. The lowest BCUT2D eigenvalue weighted by Gasteiger charge is -2.13. The zero-order chi connectivity index (χ0) is 13.8. The van der Waals surface area contributed by atoms with Gasteiger partial charge in [-0.3, -0.25) is 0 Å². The van der Waals surface area contributed by atoms with Gasteiger partial charge in [-0.15, -0.1) is 10.2 Å². The number of aliphatic carboxylic acids is 1. The van der Waals surface area contributed by atoms with E-state index in [4.69, 9.17) is 14.3 Å². The molecular weight excluding hydrogens is 248 g/mol. The number of benzene rings is 1. The molecule has 0 radical (unpaired) electrons. The Morgan fingerprint density at radius 2 is 2.16 bits per heavy atom. The summed E-state index contributed by atoms with van der Waals surface area (Å²) in [5, 5.41) is 17.0. The van der Waals surface area contributed by atoms with Crippen molar-refractivity contribution in [3.8, 4) is 11.5 Å². The number of aryl methyl sites for hydroxylation is 1. The molecule has 0 aliphatic heterocycles. The van der Waals surface area contributed by atoms with Gasteiger partial charge in [-0.2, -0.15) is 0 Å². The van der Waals surface area contributed by atoms with Crippen LogP contribution in [0.1, 0.15) is 24.5 Å². The van der Waals surface area contributed by atoms with Crippen molar-refractivity contribution in [2.24, 2.45) is 0 Å². The molecule has 0 aliphatic carbocycles. The fourth-order valence-electron chi connectivity index (χ4n) is 1.79. The predicted octanol–water partition coefficient (Wildman–Crippen LogP) is 2.07. The van der Waals surface area contributed by atoms with E-state index in [1.807, 2.05) is 6.92 Å². The van der Waals surface area contributed by atoms with Crippen LogP contribution in [-0.2, 0) is 16.0 Å². The highest BCUT2D eigenvalue weighted by atomic mass is 16.5. The summed E-state index contributed by atoms with van der Waals surface area (Å²) < 4.78 is 10.5. The van der Waals surface area contributed by atoms with Gasteiger partial charge in [0.25, 0.3) is 0 Å². The fraction of sp³-hybridized carbons (Fsp3) is 0.308. The van der Waals surface area contributed by atoms with Crippen LogP contribution in [0.25, 0.3) is 11.5 Å². The van der Waals surface area contributed by atoms with Crippen molar-refractivity contribution in [1.82, 2.24) is 10.2 Å². The van der Waals surface area contributed by atoms with Crippen molar-refractivity contribution < 1.29 is 19.1 Å². The van der Waals surface area contributed by atoms with Gasteiger partial charge in [0.2, 0.25) is 11.8 Å². The number of hydrogen-bond donors (Lipinski definition) is 1. The van der Waals surface area contributed by atoms with E-state index < -0.39 is 12.1 Å². The van der Waals surface area contributed by atoms with Crippen LogP contribution >= 0.6 is 0 Å².